The van der Waals surface area contributed by atoms with Crippen LogP contribution in [0.3, 0.4) is 0 Å². The second-order valence-electron chi connectivity index (χ2n) is 2.68. The Balaban J connectivity index is 3.14. The van der Waals surface area contributed by atoms with E-state index in [0.29, 0.717) is 5.56 Å². The monoisotopic (exact) mass is 218 g/mol. The smallest absolute Gasteiger partial charge is 0.166 e. The molecule has 0 aliphatic heterocycles. The standard InChI is InChI=1S/C10H6ClF3/c1-2-3-7-6-8(10(12,13)14)4-5-9(7)11/h1,4-6H,3H2. The highest BCUT2D eigenvalue weighted by Crippen LogP contribution is 2.31. The van der Waals surface area contributed by atoms with E-state index in [9.17, 15) is 13.2 Å². The largest absolute Gasteiger partial charge is 0.416 e. The van der Waals surface area contributed by atoms with E-state index in [0.717, 1.165) is 12.1 Å². The molecule has 0 bridgehead atoms. The first kappa shape index (κ1) is 10.9. The highest BCUT2D eigenvalue weighted by molar-refractivity contribution is 6.31. The van der Waals surface area contributed by atoms with E-state index in [1.165, 1.54) is 6.07 Å². The highest BCUT2D eigenvalue weighted by atomic mass is 35.5. The maximum Gasteiger partial charge on any atom is 0.416 e. The van der Waals surface area contributed by atoms with Crippen LogP contribution in [0, 0.1) is 12.3 Å². The van der Waals surface area contributed by atoms with Gasteiger partial charge in [0.2, 0.25) is 0 Å². The van der Waals surface area contributed by atoms with Gasteiger partial charge in [-0.15, -0.1) is 12.3 Å². The third-order valence-corrected chi connectivity index (χ3v) is 2.03. The molecular formula is C10H6ClF3. The zero-order valence-corrected chi connectivity index (χ0v) is 7.78. The summed E-state index contributed by atoms with van der Waals surface area (Å²) in [6.45, 7) is 0. The summed E-state index contributed by atoms with van der Waals surface area (Å²) >= 11 is 5.66. The van der Waals surface area contributed by atoms with Crippen LogP contribution < -0.4 is 0 Å². The molecule has 0 saturated carbocycles. The normalized spacial score (nSPS) is 11.1. The van der Waals surface area contributed by atoms with Crippen molar-refractivity contribution in [2.45, 2.75) is 12.6 Å². The molecule has 0 aliphatic carbocycles. The molecule has 0 saturated heterocycles. The minimum Gasteiger partial charge on any atom is -0.166 e. The first-order valence-electron chi connectivity index (χ1n) is 3.74. The van der Waals surface area contributed by atoms with Gasteiger partial charge in [0.1, 0.15) is 0 Å². The molecule has 0 radical (unpaired) electrons. The van der Waals surface area contributed by atoms with E-state index in [1.54, 1.807) is 0 Å². The summed E-state index contributed by atoms with van der Waals surface area (Å²) in [6.07, 6.45) is 0.745. The number of hydrogen-bond donors (Lipinski definition) is 0. The third kappa shape index (κ3) is 2.43. The lowest BCUT2D eigenvalue weighted by atomic mass is 10.1. The van der Waals surface area contributed by atoms with Crippen molar-refractivity contribution in [2.24, 2.45) is 0 Å². The van der Waals surface area contributed by atoms with Gasteiger partial charge >= 0.3 is 6.18 Å². The van der Waals surface area contributed by atoms with Gasteiger partial charge in [0.15, 0.2) is 0 Å². The van der Waals surface area contributed by atoms with Crippen molar-refractivity contribution >= 4 is 11.6 Å². The molecule has 0 spiro atoms. The number of terminal acetylenes is 1. The van der Waals surface area contributed by atoms with Crippen LogP contribution in [-0.2, 0) is 12.6 Å². The first-order chi connectivity index (χ1) is 6.45. The molecule has 74 valence electrons. The summed E-state index contributed by atoms with van der Waals surface area (Å²) < 4.78 is 36.7. The number of hydrogen-bond acceptors (Lipinski definition) is 0. The van der Waals surface area contributed by atoms with Crippen molar-refractivity contribution in [3.8, 4) is 12.3 Å². The molecule has 1 aromatic carbocycles. The summed E-state index contributed by atoms with van der Waals surface area (Å²) in [5.74, 6) is 2.25. The van der Waals surface area contributed by atoms with E-state index in [1.807, 2.05) is 0 Å². The lowest BCUT2D eigenvalue weighted by Crippen LogP contribution is -2.05. The van der Waals surface area contributed by atoms with Gasteiger partial charge in [-0.25, -0.2) is 0 Å². The Morgan fingerprint density at radius 3 is 2.50 bits per heavy atom. The number of halogens is 4. The fourth-order valence-electron chi connectivity index (χ4n) is 0.996. The minimum absolute atomic E-state index is 0.1000. The summed E-state index contributed by atoms with van der Waals surface area (Å²) in [4.78, 5) is 0. The molecule has 0 heterocycles. The fraction of sp³-hybridized carbons (Fsp3) is 0.200. The zero-order valence-electron chi connectivity index (χ0n) is 7.03. The van der Waals surface area contributed by atoms with Crippen molar-refractivity contribution < 1.29 is 13.2 Å². The van der Waals surface area contributed by atoms with E-state index < -0.39 is 11.7 Å². The van der Waals surface area contributed by atoms with Crippen LogP contribution in [0.25, 0.3) is 0 Å². The van der Waals surface area contributed by atoms with Crippen LogP contribution in [0.2, 0.25) is 5.02 Å². The third-order valence-electron chi connectivity index (χ3n) is 1.67. The van der Waals surface area contributed by atoms with Gasteiger partial charge in [0.05, 0.1) is 5.56 Å². The molecule has 0 fully saturated rings. The molecule has 14 heavy (non-hydrogen) atoms. The molecular weight excluding hydrogens is 213 g/mol. The molecule has 0 amide bonds. The quantitative estimate of drug-likeness (QED) is 0.633. The lowest BCUT2D eigenvalue weighted by Gasteiger charge is -2.08. The maximum atomic E-state index is 12.2. The molecule has 0 nitrogen and oxygen atoms in total. The van der Waals surface area contributed by atoms with Crippen LogP contribution in [0.1, 0.15) is 11.1 Å². The van der Waals surface area contributed by atoms with E-state index >= 15 is 0 Å². The van der Waals surface area contributed by atoms with Gasteiger partial charge in [-0.3, -0.25) is 0 Å². The molecule has 1 aromatic rings. The van der Waals surface area contributed by atoms with Crippen molar-refractivity contribution in [3.05, 3.63) is 34.3 Å². The number of alkyl halides is 3. The van der Waals surface area contributed by atoms with E-state index in [-0.39, 0.29) is 11.4 Å². The van der Waals surface area contributed by atoms with Gasteiger partial charge in [0, 0.05) is 11.4 Å². The topological polar surface area (TPSA) is 0 Å². The molecule has 0 unspecified atom stereocenters. The van der Waals surface area contributed by atoms with Gasteiger partial charge in [0.25, 0.3) is 0 Å². The Hall–Kier alpha value is -1.14. The Morgan fingerprint density at radius 1 is 1.36 bits per heavy atom. The van der Waals surface area contributed by atoms with Crippen molar-refractivity contribution in [3.63, 3.8) is 0 Å². The maximum absolute atomic E-state index is 12.2. The van der Waals surface area contributed by atoms with Crippen molar-refractivity contribution in [2.75, 3.05) is 0 Å². The van der Waals surface area contributed by atoms with Gasteiger partial charge < -0.3 is 0 Å². The molecule has 0 aromatic heterocycles. The van der Waals surface area contributed by atoms with Crippen molar-refractivity contribution in [1.82, 2.24) is 0 Å². The summed E-state index contributed by atoms with van der Waals surface area (Å²) in [6, 6.07) is 3.11. The average molecular weight is 219 g/mol. The Bertz CT molecular complexity index is 374. The zero-order chi connectivity index (χ0) is 10.8. The SMILES string of the molecule is C#CCc1cc(C(F)(F)F)ccc1Cl. The Labute approximate surface area is 84.7 Å². The molecule has 1 rings (SSSR count). The second-order valence-corrected chi connectivity index (χ2v) is 3.09. The van der Waals surface area contributed by atoms with E-state index in [4.69, 9.17) is 18.0 Å². The Morgan fingerprint density at radius 2 is 2.00 bits per heavy atom. The van der Waals surface area contributed by atoms with Gasteiger partial charge in [-0.2, -0.15) is 13.2 Å². The summed E-state index contributed by atoms with van der Waals surface area (Å²) in [5, 5.41) is 0.260. The Kier molecular flexibility index (Phi) is 3.07. The van der Waals surface area contributed by atoms with Crippen LogP contribution in [-0.4, -0.2) is 0 Å². The first-order valence-corrected chi connectivity index (χ1v) is 4.12. The predicted molar refractivity (Wildman–Crippen MR) is 49.0 cm³/mol. The lowest BCUT2D eigenvalue weighted by molar-refractivity contribution is -0.137. The number of rotatable bonds is 1. The highest BCUT2D eigenvalue weighted by Gasteiger charge is 2.30. The molecule has 0 atom stereocenters. The summed E-state index contributed by atoms with van der Waals surface area (Å²) in [7, 11) is 0. The molecule has 0 aliphatic rings. The molecule has 4 heteroatoms. The van der Waals surface area contributed by atoms with Crippen LogP contribution in [0.5, 0.6) is 0 Å². The van der Waals surface area contributed by atoms with Gasteiger partial charge in [-0.05, 0) is 23.8 Å². The van der Waals surface area contributed by atoms with Gasteiger partial charge in [-0.1, -0.05) is 11.6 Å². The predicted octanol–water partition coefficient (Wildman–Crippen LogP) is 3.53. The van der Waals surface area contributed by atoms with Crippen LogP contribution >= 0.6 is 11.6 Å². The number of benzene rings is 1. The van der Waals surface area contributed by atoms with E-state index in [2.05, 4.69) is 5.92 Å². The average Bonchev–Trinajstić information content (AvgIpc) is 2.07. The molecule has 0 N–H and O–H groups in total. The minimum atomic E-state index is -4.35. The second kappa shape index (κ2) is 3.93. The fourth-order valence-corrected chi connectivity index (χ4v) is 1.18. The van der Waals surface area contributed by atoms with Crippen LogP contribution in [0.15, 0.2) is 18.2 Å². The summed E-state index contributed by atoms with van der Waals surface area (Å²) in [5.41, 5.74) is -0.406. The van der Waals surface area contributed by atoms with Crippen molar-refractivity contribution in [1.29, 1.82) is 0 Å². The van der Waals surface area contributed by atoms with Crippen LogP contribution in [0.4, 0.5) is 13.2 Å².